The third kappa shape index (κ3) is 2.85. The number of rotatable bonds is 4. The zero-order chi connectivity index (χ0) is 13.0. The summed E-state index contributed by atoms with van der Waals surface area (Å²) in [5, 5.41) is 8.96. The smallest absolute Gasteiger partial charge is 0.224 e. The van der Waals surface area contributed by atoms with Crippen LogP contribution in [0, 0.1) is 5.82 Å². The average molecular weight is 248 g/mol. The van der Waals surface area contributed by atoms with E-state index in [2.05, 4.69) is 15.5 Å². The summed E-state index contributed by atoms with van der Waals surface area (Å²) in [6, 6.07) is 6.19. The van der Waals surface area contributed by atoms with Gasteiger partial charge in [0.1, 0.15) is 11.6 Å². The first-order valence-corrected chi connectivity index (χ1v) is 5.44. The summed E-state index contributed by atoms with van der Waals surface area (Å²) in [6.45, 7) is 0.273. The number of nitrogens with one attached hydrogen (secondary N) is 2. The molecule has 0 unspecified atom stereocenters. The molecule has 6 heteroatoms. The fraction of sp³-hybridized carbons (Fsp3) is 0.167. The van der Waals surface area contributed by atoms with Crippen molar-refractivity contribution < 1.29 is 9.18 Å². The molecule has 0 spiro atoms. The van der Waals surface area contributed by atoms with Crippen molar-refractivity contribution in [1.82, 2.24) is 15.5 Å². The second-order valence-corrected chi connectivity index (χ2v) is 3.85. The van der Waals surface area contributed by atoms with E-state index in [1.165, 1.54) is 6.07 Å². The van der Waals surface area contributed by atoms with Gasteiger partial charge in [-0.3, -0.25) is 9.89 Å². The van der Waals surface area contributed by atoms with Gasteiger partial charge < -0.3 is 11.1 Å². The van der Waals surface area contributed by atoms with E-state index >= 15 is 0 Å². The monoisotopic (exact) mass is 248 g/mol. The van der Waals surface area contributed by atoms with Crippen LogP contribution in [0.25, 0.3) is 0 Å². The molecule has 1 amide bonds. The second-order valence-electron chi connectivity index (χ2n) is 3.85. The molecule has 2 aromatic rings. The molecule has 5 nitrogen and oxygen atoms in total. The van der Waals surface area contributed by atoms with Gasteiger partial charge in [0.15, 0.2) is 0 Å². The van der Waals surface area contributed by atoms with Gasteiger partial charge in [0.05, 0.1) is 12.6 Å². The first-order chi connectivity index (χ1) is 8.66. The number of amides is 1. The lowest BCUT2D eigenvalue weighted by atomic mass is 10.1. The van der Waals surface area contributed by atoms with Crippen LogP contribution in [0.2, 0.25) is 0 Å². The summed E-state index contributed by atoms with van der Waals surface area (Å²) in [4.78, 5) is 11.6. The summed E-state index contributed by atoms with van der Waals surface area (Å²) >= 11 is 0. The minimum absolute atomic E-state index is 0.00439. The summed E-state index contributed by atoms with van der Waals surface area (Å²) < 4.78 is 13.3. The first-order valence-electron chi connectivity index (χ1n) is 5.44. The van der Waals surface area contributed by atoms with E-state index in [0.717, 1.165) is 0 Å². The number of hydrogen-bond donors (Lipinski definition) is 3. The Morgan fingerprint density at radius 1 is 1.39 bits per heavy atom. The Morgan fingerprint density at radius 2 is 2.17 bits per heavy atom. The second kappa shape index (κ2) is 5.31. The van der Waals surface area contributed by atoms with Crippen molar-refractivity contribution in [3.8, 4) is 0 Å². The number of anilines is 1. The first kappa shape index (κ1) is 12.1. The summed E-state index contributed by atoms with van der Waals surface area (Å²) in [5.74, 6) is -0.225. The van der Waals surface area contributed by atoms with Gasteiger partial charge in [-0.05, 0) is 11.6 Å². The van der Waals surface area contributed by atoms with Crippen LogP contribution in [0.4, 0.5) is 10.2 Å². The highest BCUT2D eigenvalue weighted by molar-refractivity contribution is 5.78. The highest BCUT2D eigenvalue weighted by Gasteiger charge is 2.08. The molecule has 18 heavy (non-hydrogen) atoms. The van der Waals surface area contributed by atoms with Gasteiger partial charge in [0.2, 0.25) is 5.91 Å². The van der Waals surface area contributed by atoms with Crippen LogP contribution in [0.5, 0.6) is 0 Å². The molecule has 0 aliphatic rings. The molecule has 0 aliphatic heterocycles. The Bertz CT molecular complexity index is 553. The number of aromatic amines is 1. The predicted octanol–water partition coefficient (Wildman–Crippen LogP) is 0.990. The van der Waals surface area contributed by atoms with Crippen molar-refractivity contribution >= 4 is 11.7 Å². The van der Waals surface area contributed by atoms with Crippen molar-refractivity contribution in [2.24, 2.45) is 0 Å². The number of carbonyl (C=O) groups is 1. The molecule has 94 valence electrons. The average Bonchev–Trinajstić information content (AvgIpc) is 2.75. The molecular formula is C12H13FN4O. The quantitative estimate of drug-likeness (QED) is 0.754. The molecule has 0 saturated heterocycles. The lowest BCUT2D eigenvalue weighted by molar-refractivity contribution is -0.120. The number of nitrogens with zero attached hydrogens (tertiary/aromatic N) is 1. The molecule has 4 N–H and O–H groups in total. The Morgan fingerprint density at radius 3 is 2.83 bits per heavy atom. The number of aromatic nitrogens is 2. The zero-order valence-electron chi connectivity index (χ0n) is 9.61. The van der Waals surface area contributed by atoms with Crippen LogP contribution in [0.15, 0.2) is 30.5 Å². The van der Waals surface area contributed by atoms with Crippen molar-refractivity contribution in [1.29, 1.82) is 0 Å². The highest BCUT2D eigenvalue weighted by Crippen LogP contribution is 2.08. The minimum atomic E-state index is -0.379. The van der Waals surface area contributed by atoms with Gasteiger partial charge in [-0.2, -0.15) is 5.10 Å². The maximum absolute atomic E-state index is 13.3. The van der Waals surface area contributed by atoms with Crippen molar-refractivity contribution in [2.45, 2.75) is 13.0 Å². The van der Waals surface area contributed by atoms with Crippen LogP contribution in [0.1, 0.15) is 11.1 Å². The maximum atomic E-state index is 13.3. The molecule has 0 saturated carbocycles. The number of halogens is 1. The SMILES string of the molecule is Nc1[nH]ncc1CNC(=O)Cc1ccccc1F. The molecule has 1 aromatic heterocycles. The third-order valence-corrected chi connectivity index (χ3v) is 2.54. The van der Waals surface area contributed by atoms with Crippen LogP contribution in [0.3, 0.4) is 0 Å². The van der Waals surface area contributed by atoms with Crippen molar-refractivity contribution in [3.05, 3.63) is 47.4 Å². The normalized spacial score (nSPS) is 10.3. The molecule has 0 atom stereocenters. The minimum Gasteiger partial charge on any atom is -0.384 e. The van der Waals surface area contributed by atoms with E-state index < -0.39 is 0 Å². The highest BCUT2D eigenvalue weighted by atomic mass is 19.1. The lowest BCUT2D eigenvalue weighted by Crippen LogP contribution is -2.25. The van der Waals surface area contributed by atoms with Gasteiger partial charge in [0, 0.05) is 12.1 Å². The molecule has 1 heterocycles. The van der Waals surface area contributed by atoms with E-state index in [0.29, 0.717) is 16.9 Å². The molecule has 0 aliphatic carbocycles. The van der Waals surface area contributed by atoms with Crippen LogP contribution < -0.4 is 11.1 Å². The molecule has 0 fully saturated rings. The number of carbonyl (C=O) groups excluding carboxylic acids is 1. The van der Waals surface area contributed by atoms with Crippen LogP contribution >= 0.6 is 0 Å². The third-order valence-electron chi connectivity index (χ3n) is 2.54. The van der Waals surface area contributed by atoms with E-state index in [4.69, 9.17) is 5.73 Å². The number of nitrogens with two attached hydrogens (primary N) is 1. The Labute approximate surface area is 103 Å². The van der Waals surface area contributed by atoms with E-state index in [1.54, 1.807) is 24.4 Å². The Balaban J connectivity index is 1.90. The van der Waals surface area contributed by atoms with Gasteiger partial charge in [-0.15, -0.1) is 0 Å². The number of nitrogen functional groups attached to an aromatic ring is 1. The molecule has 0 bridgehead atoms. The van der Waals surface area contributed by atoms with Gasteiger partial charge >= 0.3 is 0 Å². The fourth-order valence-electron chi connectivity index (χ4n) is 1.53. The fourth-order valence-corrected chi connectivity index (χ4v) is 1.53. The zero-order valence-corrected chi connectivity index (χ0v) is 9.61. The van der Waals surface area contributed by atoms with Crippen LogP contribution in [-0.2, 0) is 17.8 Å². The number of H-pyrrole nitrogens is 1. The standard InChI is InChI=1S/C12H13FN4O/c13-10-4-2-1-3-8(10)5-11(18)15-6-9-7-16-17-12(9)14/h1-4,7H,5-6H2,(H,15,18)(H3,14,16,17). The maximum Gasteiger partial charge on any atom is 0.224 e. The molecular weight excluding hydrogens is 235 g/mol. The van der Waals surface area contributed by atoms with E-state index in [1.807, 2.05) is 0 Å². The van der Waals surface area contributed by atoms with Crippen LogP contribution in [-0.4, -0.2) is 16.1 Å². The van der Waals surface area contributed by atoms with Crippen molar-refractivity contribution in [3.63, 3.8) is 0 Å². The summed E-state index contributed by atoms with van der Waals surface area (Å²) in [6.07, 6.45) is 1.54. The largest absolute Gasteiger partial charge is 0.384 e. The van der Waals surface area contributed by atoms with Gasteiger partial charge in [-0.25, -0.2) is 4.39 Å². The predicted molar refractivity (Wildman–Crippen MR) is 65.0 cm³/mol. The van der Waals surface area contributed by atoms with Crippen molar-refractivity contribution in [2.75, 3.05) is 5.73 Å². The number of benzene rings is 1. The van der Waals surface area contributed by atoms with E-state index in [-0.39, 0.29) is 24.7 Å². The lowest BCUT2D eigenvalue weighted by Gasteiger charge is -2.05. The van der Waals surface area contributed by atoms with E-state index in [9.17, 15) is 9.18 Å². The van der Waals surface area contributed by atoms with Gasteiger partial charge in [-0.1, -0.05) is 18.2 Å². The Kier molecular flexibility index (Phi) is 3.57. The molecule has 1 aromatic carbocycles. The summed E-state index contributed by atoms with van der Waals surface area (Å²) in [7, 11) is 0. The summed E-state index contributed by atoms with van der Waals surface area (Å²) in [5.41, 5.74) is 6.65. The number of hydrogen-bond acceptors (Lipinski definition) is 3. The Hall–Kier alpha value is -2.37. The van der Waals surface area contributed by atoms with Gasteiger partial charge in [0.25, 0.3) is 0 Å². The molecule has 2 rings (SSSR count). The topological polar surface area (TPSA) is 83.8 Å². The molecule has 0 radical (unpaired) electrons.